The number of ether oxygens (including phenoxy) is 1. The summed E-state index contributed by atoms with van der Waals surface area (Å²) in [6, 6.07) is 4.46. The molecular formula is C26H34N2O4. The Morgan fingerprint density at radius 2 is 1.91 bits per heavy atom. The third kappa shape index (κ3) is 4.29. The number of nitrogens with zero attached hydrogens (tertiary/aromatic N) is 1. The molecule has 2 aromatic rings. The first-order valence-corrected chi connectivity index (χ1v) is 12.3. The molecule has 0 saturated carbocycles. The second-order valence-electron chi connectivity index (χ2n) is 9.78. The Labute approximate surface area is 189 Å². The largest absolute Gasteiger partial charge is 0.483 e. The van der Waals surface area contributed by atoms with Crippen LogP contribution in [0.5, 0.6) is 5.75 Å². The second-order valence-corrected chi connectivity index (χ2v) is 9.78. The van der Waals surface area contributed by atoms with Gasteiger partial charge in [0.1, 0.15) is 11.3 Å². The number of fused-ring (bicyclic) bond motifs is 4. The van der Waals surface area contributed by atoms with E-state index in [2.05, 4.69) is 10.2 Å². The van der Waals surface area contributed by atoms with Crippen LogP contribution in [-0.4, -0.2) is 43.1 Å². The minimum Gasteiger partial charge on any atom is -0.483 e. The van der Waals surface area contributed by atoms with Gasteiger partial charge in [-0.05, 0) is 101 Å². The Morgan fingerprint density at radius 3 is 2.78 bits per heavy atom. The summed E-state index contributed by atoms with van der Waals surface area (Å²) in [5.74, 6) is 1.10. The van der Waals surface area contributed by atoms with E-state index in [1.807, 2.05) is 19.1 Å². The fourth-order valence-corrected chi connectivity index (χ4v) is 6.04. The van der Waals surface area contributed by atoms with Gasteiger partial charge in [-0.1, -0.05) is 6.42 Å². The van der Waals surface area contributed by atoms with Gasteiger partial charge in [0.25, 0.3) is 5.91 Å². The number of benzene rings is 1. The summed E-state index contributed by atoms with van der Waals surface area (Å²) < 4.78 is 11.7. The smallest absolute Gasteiger partial charge is 0.339 e. The van der Waals surface area contributed by atoms with E-state index in [-0.39, 0.29) is 18.1 Å². The molecule has 0 spiro atoms. The van der Waals surface area contributed by atoms with Gasteiger partial charge in [0.2, 0.25) is 0 Å². The first kappa shape index (κ1) is 21.5. The molecule has 2 aliphatic heterocycles. The van der Waals surface area contributed by atoms with Crippen LogP contribution in [0.3, 0.4) is 0 Å². The van der Waals surface area contributed by atoms with Gasteiger partial charge in [-0.3, -0.25) is 4.79 Å². The van der Waals surface area contributed by atoms with Crippen molar-refractivity contribution in [2.24, 2.45) is 5.92 Å². The molecule has 3 aliphatic rings. The predicted molar refractivity (Wildman–Crippen MR) is 124 cm³/mol. The zero-order chi connectivity index (χ0) is 22.1. The van der Waals surface area contributed by atoms with Crippen molar-refractivity contribution in [1.82, 2.24) is 10.2 Å². The van der Waals surface area contributed by atoms with E-state index >= 15 is 0 Å². The van der Waals surface area contributed by atoms with Crippen molar-refractivity contribution >= 4 is 16.9 Å². The predicted octanol–water partition coefficient (Wildman–Crippen LogP) is 3.74. The first-order chi connectivity index (χ1) is 15.6. The maximum Gasteiger partial charge on any atom is 0.339 e. The normalized spacial score (nSPS) is 23.4. The lowest BCUT2D eigenvalue weighted by Gasteiger charge is -2.44. The zero-order valence-electron chi connectivity index (χ0n) is 19.1. The molecule has 0 unspecified atom stereocenters. The van der Waals surface area contributed by atoms with E-state index in [1.165, 1.54) is 45.2 Å². The molecular weight excluding hydrogens is 404 g/mol. The average Bonchev–Trinajstić information content (AvgIpc) is 2.81. The molecule has 1 aromatic heterocycles. The second kappa shape index (κ2) is 9.26. The van der Waals surface area contributed by atoms with Crippen molar-refractivity contribution in [3.63, 3.8) is 0 Å². The highest BCUT2D eigenvalue weighted by Gasteiger charge is 2.33. The van der Waals surface area contributed by atoms with Crippen molar-refractivity contribution in [3.05, 3.63) is 39.2 Å². The maximum absolute atomic E-state index is 12.7. The Hall–Kier alpha value is -2.34. The van der Waals surface area contributed by atoms with E-state index < -0.39 is 0 Å². The Bertz CT molecular complexity index is 1060. The van der Waals surface area contributed by atoms with Crippen molar-refractivity contribution in [1.29, 1.82) is 0 Å². The standard InChI is InChI=1S/C26H34N2O4/c1-17-13-22(25-19-8-2-3-9-20(19)26(30)32-23(25)14-17)31-16-24(29)27-15-18-7-6-12-28-11-5-4-10-21(18)28/h13-14,18,21H,2-12,15-16H2,1H3,(H,27,29)/t18-,21-/m0/s1. The number of nitrogens with one attached hydrogen (secondary N) is 1. The monoisotopic (exact) mass is 438 g/mol. The van der Waals surface area contributed by atoms with Gasteiger partial charge in [0.05, 0.1) is 5.39 Å². The lowest BCUT2D eigenvalue weighted by molar-refractivity contribution is -0.123. The highest BCUT2D eigenvalue weighted by atomic mass is 16.5. The molecule has 2 atom stereocenters. The summed E-state index contributed by atoms with van der Waals surface area (Å²) in [5.41, 5.74) is 3.09. The van der Waals surface area contributed by atoms with Gasteiger partial charge >= 0.3 is 5.63 Å². The number of amides is 1. The molecule has 0 radical (unpaired) electrons. The number of hydrogen-bond donors (Lipinski definition) is 1. The summed E-state index contributed by atoms with van der Waals surface area (Å²) in [4.78, 5) is 27.7. The quantitative estimate of drug-likeness (QED) is 0.720. The van der Waals surface area contributed by atoms with Gasteiger partial charge in [-0.2, -0.15) is 0 Å². The fraction of sp³-hybridized carbons (Fsp3) is 0.615. The van der Waals surface area contributed by atoms with Crippen LogP contribution in [0.25, 0.3) is 11.0 Å². The fourth-order valence-electron chi connectivity index (χ4n) is 6.04. The van der Waals surface area contributed by atoms with Gasteiger partial charge in [-0.15, -0.1) is 0 Å². The molecule has 3 heterocycles. The van der Waals surface area contributed by atoms with Gasteiger partial charge in [-0.25, -0.2) is 4.79 Å². The summed E-state index contributed by atoms with van der Waals surface area (Å²) in [7, 11) is 0. The minimum atomic E-state index is -0.231. The van der Waals surface area contributed by atoms with E-state index in [9.17, 15) is 9.59 Å². The molecule has 32 heavy (non-hydrogen) atoms. The molecule has 0 bridgehead atoms. The van der Waals surface area contributed by atoms with Crippen LogP contribution < -0.4 is 15.7 Å². The van der Waals surface area contributed by atoms with Crippen LogP contribution in [0, 0.1) is 12.8 Å². The van der Waals surface area contributed by atoms with Crippen LogP contribution in [0.1, 0.15) is 61.6 Å². The van der Waals surface area contributed by atoms with Crippen molar-refractivity contribution in [2.75, 3.05) is 26.2 Å². The summed E-state index contributed by atoms with van der Waals surface area (Å²) in [6.07, 6.45) is 9.93. The van der Waals surface area contributed by atoms with Crippen LogP contribution in [-0.2, 0) is 17.6 Å². The molecule has 6 nitrogen and oxygen atoms in total. The molecule has 1 amide bonds. The van der Waals surface area contributed by atoms with Crippen molar-refractivity contribution in [3.8, 4) is 5.75 Å². The average molecular weight is 439 g/mol. The zero-order valence-corrected chi connectivity index (χ0v) is 19.1. The molecule has 2 saturated heterocycles. The van der Waals surface area contributed by atoms with E-state index in [4.69, 9.17) is 9.15 Å². The first-order valence-electron chi connectivity index (χ1n) is 12.3. The van der Waals surface area contributed by atoms with Gasteiger partial charge < -0.3 is 19.4 Å². The highest BCUT2D eigenvalue weighted by Crippen LogP contribution is 2.35. The van der Waals surface area contributed by atoms with Crippen LogP contribution in [0.2, 0.25) is 0 Å². The third-order valence-electron chi connectivity index (χ3n) is 7.58. The molecule has 1 aliphatic carbocycles. The third-order valence-corrected chi connectivity index (χ3v) is 7.58. The Kier molecular flexibility index (Phi) is 6.22. The van der Waals surface area contributed by atoms with Crippen LogP contribution in [0.15, 0.2) is 21.3 Å². The SMILES string of the molecule is Cc1cc(OCC(=O)NC[C@@H]2CCCN3CCCC[C@@H]23)c2c3c(c(=O)oc2c1)CCCC3. The van der Waals surface area contributed by atoms with Crippen LogP contribution >= 0.6 is 0 Å². The molecule has 6 heteroatoms. The van der Waals surface area contributed by atoms with Crippen LogP contribution in [0.4, 0.5) is 0 Å². The van der Waals surface area contributed by atoms with E-state index in [0.29, 0.717) is 23.3 Å². The summed E-state index contributed by atoms with van der Waals surface area (Å²) in [5, 5.41) is 3.99. The lowest BCUT2D eigenvalue weighted by Crippen LogP contribution is -2.51. The molecule has 2 fully saturated rings. The molecule has 172 valence electrons. The lowest BCUT2D eigenvalue weighted by atomic mass is 9.83. The van der Waals surface area contributed by atoms with Gasteiger partial charge in [0.15, 0.2) is 6.61 Å². The minimum absolute atomic E-state index is 0.0203. The Morgan fingerprint density at radius 1 is 1.09 bits per heavy atom. The van der Waals surface area contributed by atoms with Crippen molar-refractivity contribution < 1.29 is 13.9 Å². The molecule has 1 N–H and O–H groups in total. The van der Waals surface area contributed by atoms with Gasteiger partial charge in [0, 0.05) is 18.2 Å². The summed E-state index contributed by atoms with van der Waals surface area (Å²) in [6.45, 7) is 5.07. The van der Waals surface area contributed by atoms with Crippen molar-refractivity contribution in [2.45, 2.75) is 70.8 Å². The summed E-state index contributed by atoms with van der Waals surface area (Å²) >= 11 is 0. The maximum atomic E-state index is 12.7. The number of rotatable bonds is 5. The van der Waals surface area contributed by atoms with E-state index in [1.54, 1.807) is 0 Å². The number of aryl methyl sites for hydroxylation is 2. The van der Waals surface area contributed by atoms with E-state index in [0.717, 1.165) is 54.3 Å². The number of carbonyl (C=O) groups is 1. The highest BCUT2D eigenvalue weighted by molar-refractivity contribution is 5.89. The Balaban J connectivity index is 1.28. The topological polar surface area (TPSA) is 71.8 Å². The number of piperidine rings is 2. The number of carbonyl (C=O) groups excluding carboxylic acids is 1. The molecule has 5 rings (SSSR count). The number of hydrogen-bond acceptors (Lipinski definition) is 5. The molecule has 1 aromatic carbocycles.